The summed E-state index contributed by atoms with van der Waals surface area (Å²) in [5, 5.41) is 3.61. The summed E-state index contributed by atoms with van der Waals surface area (Å²) >= 11 is 1.53. The zero-order valence-corrected chi connectivity index (χ0v) is 7.97. The smallest absolute Gasteiger partial charge is 0.133 e. The van der Waals surface area contributed by atoms with Crippen molar-refractivity contribution in [3.05, 3.63) is 33.7 Å². The van der Waals surface area contributed by atoms with E-state index in [2.05, 4.69) is 10.2 Å². The van der Waals surface area contributed by atoms with Gasteiger partial charge in [0.15, 0.2) is 0 Å². The Morgan fingerprint density at radius 3 is 3.15 bits per heavy atom. The summed E-state index contributed by atoms with van der Waals surface area (Å²) < 4.78 is 1.12. The van der Waals surface area contributed by atoms with Gasteiger partial charge in [0.1, 0.15) is 11.6 Å². The predicted molar refractivity (Wildman–Crippen MR) is 53.9 cm³/mol. The lowest BCUT2D eigenvalue weighted by Crippen LogP contribution is -1.76. The quantitative estimate of drug-likeness (QED) is 0.686. The molecule has 66 valence electrons. The summed E-state index contributed by atoms with van der Waals surface area (Å²) in [5.41, 5.74) is 2.15. The van der Waals surface area contributed by atoms with E-state index in [0.29, 0.717) is 0 Å². The van der Waals surface area contributed by atoms with Gasteiger partial charge < -0.3 is 0 Å². The fourth-order valence-corrected chi connectivity index (χ4v) is 2.07. The zero-order chi connectivity index (χ0) is 9.26. The number of fused-ring (bicyclic) bond motifs is 1. The number of thiazole rings is 1. The maximum absolute atomic E-state index is 10.0. The van der Waals surface area contributed by atoms with E-state index in [9.17, 15) is 4.91 Å². The first-order valence-corrected chi connectivity index (χ1v) is 4.76. The van der Waals surface area contributed by atoms with Gasteiger partial charge in [-0.1, -0.05) is 11.2 Å². The first-order chi connectivity index (χ1) is 6.29. The fraction of sp³-hybridized carbons (Fsp3) is 0.222. The van der Waals surface area contributed by atoms with Crippen LogP contribution in [0.4, 0.5) is 0 Å². The van der Waals surface area contributed by atoms with Crippen molar-refractivity contribution in [1.29, 1.82) is 0 Å². The minimum atomic E-state index is 0.179. The highest BCUT2D eigenvalue weighted by Crippen LogP contribution is 2.23. The third kappa shape index (κ3) is 1.58. The van der Waals surface area contributed by atoms with Crippen LogP contribution in [0.2, 0.25) is 0 Å². The molecule has 0 saturated heterocycles. The van der Waals surface area contributed by atoms with Crippen LogP contribution in [0.1, 0.15) is 10.6 Å². The molecule has 1 aromatic heterocycles. The van der Waals surface area contributed by atoms with Crippen LogP contribution >= 0.6 is 11.3 Å². The van der Waals surface area contributed by atoms with E-state index in [1.165, 1.54) is 16.9 Å². The zero-order valence-electron chi connectivity index (χ0n) is 7.15. The minimum absolute atomic E-state index is 0.179. The number of hydrogen-bond acceptors (Lipinski definition) is 4. The Morgan fingerprint density at radius 1 is 1.54 bits per heavy atom. The lowest BCUT2D eigenvalue weighted by molar-refractivity contribution is 1.03. The topological polar surface area (TPSA) is 42.3 Å². The Balaban J connectivity index is 2.55. The molecule has 0 fully saturated rings. The molecule has 0 aliphatic carbocycles. The summed E-state index contributed by atoms with van der Waals surface area (Å²) in [4.78, 5) is 14.3. The van der Waals surface area contributed by atoms with Gasteiger partial charge in [-0.2, -0.15) is 4.91 Å². The van der Waals surface area contributed by atoms with E-state index in [1.54, 1.807) is 0 Å². The summed E-state index contributed by atoms with van der Waals surface area (Å²) in [5.74, 6) is 0. The summed E-state index contributed by atoms with van der Waals surface area (Å²) in [6.45, 7) is 2.20. The number of aryl methyl sites for hydroxylation is 1. The van der Waals surface area contributed by atoms with Crippen molar-refractivity contribution in [3.63, 3.8) is 0 Å². The lowest BCUT2D eigenvalue weighted by Gasteiger charge is -1.88. The fourth-order valence-electron chi connectivity index (χ4n) is 1.21. The number of nitrogens with zero attached hydrogens (tertiary/aromatic N) is 2. The molecule has 0 aliphatic heterocycles. The van der Waals surface area contributed by atoms with Gasteiger partial charge >= 0.3 is 0 Å². The molecule has 0 aliphatic rings. The highest BCUT2D eigenvalue weighted by atomic mass is 32.1. The van der Waals surface area contributed by atoms with Crippen LogP contribution in [0, 0.1) is 11.8 Å². The van der Waals surface area contributed by atoms with Gasteiger partial charge in [-0.25, -0.2) is 4.98 Å². The molecule has 0 saturated carbocycles. The molecular formula is C9H8N2OS. The van der Waals surface area contributed by atoms with E-state index >= 15 is 0 Å². The largest absolute Gasteiger partial charge is 0.239 e. The molecule has 2 aromatic rings. The van der Waals surface area contributed by atoms with Crippen molar-refractivity contribution >= 4 is 21.6 Å². The van der Waals surface area contributed by atoms with Gasteiger partial charge in [0.2, 0.25) is 0 Å². The van der Waals surface area contributed by atoms with E-state index in [4.69, 9.17) is 0 Å². The Bertz CT molecular complexity index is 450. The number of nitroso groups, excluding NO2 is 1. The summed E-state index contributed by atoms with van der Waals surface area (Å²) in [6.07, 6.45) is 0. The number of rotatable bonds is 2. The van der Waals surface area contributed by atoms with Crippen molar-refractivity contribution in [2.45, 2.75) is 13.5 Å². The molecule has 4 heteroatoms. The normalized spacial score (nSPS) is 10.5. The number of hydrogen-bond donors (Lipinski definition) is 0. The monoisotopic (exact) mass is 192 g/mol. The molecule has 3 nitrogen and oxygen atoms in total. The minimum Gasteiger partial charge on any atom is -0.239 e. The van der Waals surface area contributed by atoms with E-state index in [1.807, 2.05) is 25.1 Å². The van der Waals surface area contributed by atoms with Crippen LogP contribution in [0.25, 0.3) is 10.2 Å². The SMILES string of the molecule is Cc1ccc2sc(CN=O)nc2c1. The van der Waals surface area contributed by atoms with Crippen LogP contribution in [-0.2, 0) is 6.54 Å². The van der Waals surface area contributed by atoms with Crippen molar-refractivity contribution in [3.8, 4) is 0 Å². The van der Waals surface area contributed by atoms with Crippen LogP contribution in [-0.4, -0.2) is 4.98 Å². The average molecular weight is 192 g/mol. The second-order valence-electron chi connectivity index (χ2n) is 2.87. The molecule has 1 aromatic carbocycles. The Morgan fingerprint density at radius 2 is 2.38 bits per heavy atom. The Labute approximate surface area is 79.4 Å². The second kappa shape index (κ2) is 3.22. The molecule has 0 spiro atoms. The van der Waals surface area contributed by atoms with Crippen molar-refractivity contribution < 1.29 is 0 Å². The van der Waals surface area contributed by atoms with E-state index in [0.717, 1.165) is 15.2 Å². The van der Waals surface area contributed by atoms with Crippen molar-refractivity contribution in [2.24, 2.45) is 5.18 Å². The van der Waals surface area contributed by atoms with Crippen molar-refractivity contribution in [1.82, 2.24) is 4.98 Å². The third-order valence-corrected chi connectivity index (χ3v) is 2.81. The first kappa shape index (κ1) is 8.31. The molecule has 0 N–H and O–H groups in total. The van der Waals surface area contributed by atoms with E-state index < -0.39 is 0 Å². The van der Waals surface area contributed by atoms with Gasteiger partial charge in [0, 0.05) is 0 Å². The van der Waals surface area contributed by atoms with Gasteiger partial charge in [0.05, 0.1) is 10.2 Å². The third-order valence-electron chi connectivity index (χ3n) is 1.79. The lowest BCUT2D eigenvalue weighted by atomic mass is 10.2. The molecule has 0 radical (unpaired) electrons. The van der Waals surface area contributed by atoms with Gasteiger partial charge in [0.25, 0.3) is 0 Å². The standard InChI is InChI=1S/C9H8N2OS/c1-6-2-3-8-7(4-6)11-9(13-8)5-10-12/h2-4H,5H2,1H3. The highest BCUT2D eigenvalue weighted by molar-refractivity contribution is 7.18. The maximum atomic E-state index is 10.0. The molecule has 0 atom stereocenters. The molecule has 0 bridgehead atoms. The van der Waals surface area contributed by atoms with Crippen LogP contribution in [0.5, 0.6) is 0 Å². The predicted octanol–water partition coefficient (Wildman–Crippen LogP) is 2.87. The molecule has 2 rings (SSSR count). The molecule has 13 heavy (non-hydrogen) atoms. The number of benzene rings is 1. The van der Waals surface area contributed by atoms with E-state index in [-0.39, 0.29) is 6.54 Å². The first-order valence-electron chi connectivity index (χ1n) is 3.95. The van der Waals surface area contributed by atoms with Crippen LogP contribution in [0.15, 0.2) is 23.4 Å². The summed E-state index contributed by atoms with van der Waals surface area (Å²) in [7, 11) is 0. The second-order valence-corrected chi connectivity index (χ2v) is 3.98. The average Bonchev–Trinajstić information content (AvgIpc) is 2.46. The number of aromatic nitrogens is 1. The Kier molecular flexibility index (Phi) is 2.06. The van der Waals surface area contributed by atoms with Crippen molar-refractivity contribution in [2.75, 3.05) is 0 Å². The molecule has 0 unspecified atom stereocenters. The Hall–Kier alpha value is -1.29. The summed E-state index contributed by atoms with van der Waals surface area (Å²) in [6, 6.07) is 6.08. The van der Waals surface area contributed by atoms with Gasteiger partial charge in [-0.3, -0.25) is 0 Å². The molecule has 0 amide bonds. The van der Waals surface area contributed by atoms with Crippen LogP contribution in [0.3, 0.4) is 0 Å². The molecule has 1 heterocycles. The maximum Gasteiger partial charge on any atom is 0.133 e. The van der Waals surface area contributed by atoms with Crippen LogP contribution < -0.4 is 0 Å². The highest BCUT2D eigenvalue weighted by Gasteiger charge is 2.02. The molecular weight excluding hydrogens is 184 g/mol. The van der Waals surface area contributed by atoms with Gasteiger partial charge in [-0.15, -0.1) is 11.3 Å². The van der Waals surface area contributed by atoms with Gasteiger partial charge in [-0.05, 0) is 24.6 Å².